The summed E-state index contributed by atoms with van der Waals surface area (Å²) in [6.45, 7) is 5.36. The molecule has 0 aliphatic heterocycles. The quantitative estimate of drug-likeness (QED) is 0.901. The first-order valence-electron chi connectivity index (χ1n) is 6.18. The van der Waals surface area contributed by atoms with Gasteiger partial charge in [0.2, 0.25) is 0 Å². The Morgan fingerprint density at radius 3 is 2.89 bits per heavy atom. The predicted octanol–water partition coefficient (Wildman–Crippen LogP) is 2.75. The highest BCUT2D eigenvalue weighted by Gasteiger charge is 2.10. The third-order valence-corrected chi connectivity index (χ3v) is 4.02. The minimum Gasteiger partial charge on any atom is -0.366 e. The van der Waals surface area contributed by atoms with Crippen LogP contribution in [0, 0.1) is 6.92 Å². The van der Waals surface area contributed by atoms with Crippen LogP contribution in [0.25, 0.3) is 10.2 Å². The number of thiophene rings is 1. The van der Waals surface area contributed by atoms with Crippen molar-refractivity contribution in [2.75, 3.05) is 26.0 Å². The fraction of sp³-hybridized carbons (Fsp3) is 0.538. The van der Waals surface area contributed by atoms with Gasteiger partial charge in [-0.05, 0) is 51.9 Å². The Hall–Kier alpha value is -1.20. The van der Waals surface area contributed by atoms with E-state index in [0.717, 1.165) is 29.0 Å². The highest BCUT2D eigenvalue weighted by molar-refractivity contribution is 7.18. The summed E-state index contributed by atoms with van der Waals surface area (Å²) in [5.41, 5.74) is 2.29. The molecule has 2 aromatic rings. The summed E-state index contributed by atoms with van der Waals surface area (Å²) in [6, 6.07) is 0.410. The van der Waals surface area contributed by atoms with E-state index in [1.165, 1.54) is 5.56 Å². The van der Waals surface area contributed by atoms with E-state index in [4.69, 9.17) is 0 Å². The van der Waals surface area contributed by atoms with Crippen molar-refractivity contribution in [1.82, 2.24) is 14.9 Å². The molecular weight excluding hydrogens is 244 g/mol. The van der Waals surface area contributed by atoms with Crippen molar-refractivity contribution >= 4 is 27.4 Å². The van der Waals surface area contributed by atoms with E-state index in [1.54, 1.807) is 17.7 Å². The minimum absolute atomic E-state index is 0.410. The third-order valence-electron chi connectivity index (χ3n) is 2.92. The standard InChI is InChI=1S/C13H20N4S/c1-9-7-18-12-11(9)14-8-15-13(12)16-10(2)5-6-17(3)4/h7-8,10H,5-6H2,1-4H3,(H,14,15,16). The third kappa shape index (κ3) is 2.97. The van der Waals surface area contributed by atoms with E-state index in [1.807, 2.05) is 0 Å². The Labute approximate surface area is 112 Å². The molecule has 98 valence electrons. The Bertz CT molecular complexity index is 521. The van der Waals surface area contributed by atoms with Crippen molar-refractivity contribution in [3.05, 3.63) is 17.3 Å². The molecule has 1 N–H and O–H groups in total. The normalized spacial score (nSPS) is 13.2. The second kappa shape index (κ2) is 5.63. The summed E-state index contributed by atoms with van der Waals surface area (Å²) in [4.78, 5) is 10.9. The molecule has 0 bridgehead atoms. The first-order valence-corrected chi connectivity index (χ1v) is 7.06. The van der Waals surface area contributed by atoms with Gasteiger partial charge in [-0.1, -0.05) is 0 Å². The van der Waals surface area contributed by atoms with Crippen LogP contribution in [0.2, 0.25) is 0 Å². The maximum Gasteiger partial charge on any atom is 0.147 e. The van der Waals surface area contributed by atoms with Crippen LogP contribution in [-0.4, -0.2) is 41.5 Å². The number of anilines is 1. The lowest BCUT2D eigenvalue weighted by Crippen LogP contribution is -2.23. The van der Waals surface area contributed by atoms with E-state index in [2.05, 4.69) is 53.5 Å². The molecule has 18 heavy (non-hydrogen) atoms. The van der Waals surface area contributed by atoms with Gasteiger partial charge in [-0.15, -0.1) is 11.3 Å². The van der Waals surface area contributed by atoms with Crippen molar-refractivity contribution in [3.63, 3.8) is 0 Å². The Kier molecular flexibility index (Phi) is 4.14. The fourth-order valence-electron chi connectivity index (χ4n) is 1.83. The molecule has 1 unspecified atom stereocenters. The van der Waals surface area contributed by atoms with Crippen LogP contribution >= 0.6 is 11.3 Å². The molecular formula is C13H20N4S. The van der Waals surface area contributed by atoms with Gasteiger partial charge in [-0.2, -0.15) is 0 Å². The number of nitrogens with zero attached hydrogens (tertiary/aromatic N) is 3. The van der Waals surface area contributed by atoms with Gasteiger partial charge in [0.1, 0.15) is 12.1 Å². The number of aryl methyl sites for hydroxylation is 1. The zero-order valence-corrected chi connectivity index (χ0v) is 12.2. The molecule has 2 heterocycles. The average Bonchev–Trinajstić information content (AvgIpc) is 2.70. The molecule has 0 amide bonds. The number of aromatic nitrogens is 2. The van der Waals surface area contributed by atoms with Gasteiger partial charge in [-0.3, -0.25) is 0 Å². The Balaban J connectivity index is 2.11. The van der Waals surface area contributed by atoms with Crippen LogP contribution < -0.4 is 5.32 Å². The predicted molar refractivity (Wildman–Crippen MR) is 78.4 cm³/mol. The first kappa shape index (κ1) is 13.2. The zero-order valence-electron chi connectivity index (χ0n) is 11.4. The maximum absolute atomic E-state index is 4.36. The van der Waals surface area contributed by atoms with Gasteiger partial charge < -0.3 is 10.2 Å². The Morgan fingerprint density at radius 1 is 1.39 bits per heavy atom. The van der Waals surface area contributed by atoms with Gasteiger partial charge in [0.15, 0.2) is 0 Å². The number of rotatable bonds is 5. The number of hydrogen-bond acceptors (Lipinski definition) is 5. The van der Waals surface area contributed by atoms with Crippen LogP contribution in [0.1, 0.15) is 18.9 Å². The molecule has 0 saturated heterocycles. The van der Waals surface area contributed by atoms with Crippen LogP contribution in [0.5, 0.6) is 0 Å². The SMILES string of the molecule is Cc1csc2c(NC(C)CCN(C)C)ncnc12. The average molecular weight is 264 g/mol. The highest BCUT2D eigenvalue weighted by atomic mass is 32.1. The van der Waals surface area contributed by atoms with Gasteiger partial charge in [-0.25, -0.2) is 9.97 Å². The van der Waals surface area contributed by atoms with Crippen molar-refractivity contribution in [2.24, 2.45) is 0 Å². The van der Waals surface area contributed by atoms with Gasteiger partial charge in [0.25, 0.3) is 0 Å². The molecule has 0 aliphatic carbocycles. The number of nitrogens with one attached hydrogen (secondary N) is 1. The van der Waals surface area contributed by atoms with Gasteiger partial charge >= 0.3 is 0 Å². The smallest absolute Gasteiger partial charge is 0.147 e. The molecule has 0 fully saturated rings. The summed E-state index contributed by atoms with van der Waals surface area (Å²) < 4.78 is 1.16. The van der Waals surface area contributed by atoms with Gasteiger partial charge in [0, 0.05) is 6.04 Å². The first-order chi connectivity index (χ1) is 8.58. The van der Waals surface area contributed by atoms with E-state index >= 15 is 0 Å². The summed E-state index contributed by atoms with van der Waals surface area (Å²) >= 11 is 1.71. The van der Waals surface area contributed by atoms with Crippen molar-refractivity contribution in [2.45, 2.75) is 26.3 Å². The molecule has 1 atom stereocenters. The largest absolute Gasteiger partial charge is 0.366 e. The van der Waals surface area contributed by atoms with Crippen LogP contribution in [0.15, 0.2) is 11.7 Å². The number of fused-ring (bicyclic) bond motifs is 1. The van der Waals surface area contributed by atoms with E-state index in [-0.39, 0.29) is 0 Å². The highest BCUT2D eigenvalue weighted by Crippen LogP contribution is 2.28. The minimum atomic E-state index is 0.410. The van der Waals surface area contributed by atoms with Crippen LogP contribution in [0.4, 0.5) is 5.82 Å². The van der Waals surface area contributed by atoms with Crippen molar-refractivity contribution in [1.29, 1.82) is 0 Å². The second-order valence-corrected chi connectivity index (χ2v) is 5.84. The van der Waals surface area contributed by atoms with E-state index < -0.39 is 0 Å². The molecule has 5 heteroatoms. The molecule has 0 spiro atoms. The van der Waals surface area contributed by atoms with E-state index in [9.17, 15) is 0 Å². The topological polar surface area (TPSA) is 41.0 Å². The lowest BCUT2D eigenvalue weighted by atomic mass is 10.2. The summed E-state index contributed by atoms with van der Waals surface area (Å²) in [6.07, 6.45) is 2.74. The molecule has 0 radical (unpaired) electrons. The fourth-order valence-corrected chi connectivity index (χ4v) is 2.78. The van der Waals surface area contributed by atoms with Crippen LogP contribution in [-0.2, 0) is 0 Å². The molecule has 2 rings (SSSR count). The molecule has 4 nitrogen and oxygen atoms in total. The lowest BCUT2D eigenvalue weighted by Gasteiger charge is -2.17. The second-order valence-electron chi connectivity index (χ2n) is 4.96. The number of hydrogen-bond donors (Lipinski definition) is 1. The zero-order chi connectivity index (χ0) is 13.1. The molecule has 0 aliphatic rings. The van der Waals surface area contributed by atoms with Gasteiger partial charge in [0.05, 0.1) is 10.2 Å². The summed E-state index contributed by atoms with van der Waals surface area (Å²) in [5, 5.41) is 5.62. The van der Waals surface area contributed by atoms with E-state index in [0.29, 0.717) is 6.04 Å². The Morgan fingerprint density at radius 2 is 2.17 bits per heavy atom. The summed E-state index contributed by atoms with van der Waals surface area (Å²) in [7, 11) is 4.19. The maximum atomic E-state index is 4.36. The molecule has 0 aromatic carbocycles. The molecule has 0 saturated carbocycles. The monoisotopic (exact) mass is 264 g/mol. The lowest BCUT2D eigenvalue weighted by molar-refractivity contribution is 0.390. The summed E-state index contributed by atoms with van der Waals surface area (Å²) in [5.74, 6) is 0.962. The van der Waals surface area contributed by atoms with Crippen molar-refractivity contribution < 1.29 is 0 Å². The van der Waals surface area contributed by atoms with Crippen LogP contribution in [0.3, 0.4) is 0 Å². The van der Waals surface area contributed by atoms with Crippen molar-refractivity contribution in [3.8, 4) is 0 Å². The molecule has 2 aromatic heterocycles.